The molecule has 0 spiro atoms. The summed E-state index contributed by atoms with van der Waals surface area (Å²) in [5.41, 5.74) is 2.30. The number of morpholine rings is 1. The maximum atomic E-state index is 5.82. The zero-order valence-electron chi connectivity index (χ0n) is 10.9. The van der Waals surface area contributed by atoms with Gasteiger partial charge >= 0.3 is 0 Å². The van der Waals surface area contributed by atoms with Crippen molar-refractivity contribution in [1.82, 2.24) is 4.98 Å². The lowest BCUT2D eigenvalue weighted by atomic mass is 10.2. The summed E-state index contributed by atoms with van der Waals surface area (Å²) in [6.07, 6.45) is 3.57. The number of ether oxygens (including phenoxy) is 1. The largest absolute Gasteiger partial charge is 0.467 e. The van der Waals surface area contributed by atoms with Crippen molar-refractivity contribution in [3.05, 3.63) is 47.9 Å². The molecule has 4 heterocycles. The molecule has 1 fully saturated rings. The molecule has 1 saturated heterocycles. The number of thiophene rings is 1. The van der Waals surface area contributed by atoms with E-state index in [4.69, 9.17) is 9.15 Å². The van der Waals surface area contributed by atoms with Crippen molar-refractivity contribution in [2.24, 2.45) is 0 Å². The van der Waals surface area contributed by atoms with Gasteiger partial charge in [-0.3, -0.25) is 4.98 Å². The molecule has 5 heteroatoms. The Morgan fingerprint density at radius 1 is 1.30 bits per heavy atom. The van der Waals surface area contributed by atoms with Crippen LogP contribution in [0.2, 0.25) is 0 Å². The van der Waals surface area contributed by atoms with Crippen LogP contribution in [0.25, 0.3) is 10.2 Å². The molecule has 0 aromatic carbocycles. The number of hydrogen-bond donors (Lipinski definition) is 0. The fraction of sp³-hybridized carbons (Fsp3) is 0.267. The van der Waals surface area contributed by atoms with Gasteiger partial charge in [-0.2, -0.15) is 0 Å². The van der Waals surface area contributed by atoms with E-state index in [2.05, 4.69) is 27.4 Å². The SMILES string of the molecule is c1coc(C2CN(c3ccnc4ccsc34)CCO2)c1. The first-order chi connectivity index (χ1) is 9.92. The summed E-state index contributed by atoms with van der Waals surface area (Å²) in [5, 5.41) is 2.09. The van der Waals surface area contributed by atoms with E-state index in [1.807, 2.05) is 18.3 Å². The van der Waals surface area contributed by atoms with E-state index in [1.165, 1.54) is 10.4 Å². The van der Waals surface area contributed by atoms with E-state index in [-0.39, 0.29) is 6.10 Å². The molecule has 1 aliphatic heterocycles. The highest BCUT2D eigenvalue weighted by Crippen LogP contribution is 2.33. The standard InChI is InChI=1S/C15H14N2O2S/c1-2-13(18-7-1)14-10-17(6-8-19-14)12-3-5-16-11-4-9-20-15(11)12/h1-5,7,9,14H,6,8,10H2. The third-order valence-electron chi connectivity index (χ3n) is 3.59. The topological polar surface area (TPSA) is 38.5 Å². The highest BCUT2D eigenvalue weighted by atomic mass is 32.1. The molecule has 3 aromatic rings. The smallest absolute Gasteiger partial charge is 0.134 e. The lowest BCUT2D eigenvalue weighted by Gasteiger charge is -2.33. The molecule has 102 valence electrons. The van der Waals surface area contributed by atoms with E-state index in [1.54, 1.807) is 17.6 Å². The third kappa shape index (κ3) is 1.99. The van der Waals surface area contributed by atoms with Crippen molar-refractivity contribution in [2.75, 3.05) is 24.6 Å². The van der Waals surface area contributed by atoms with Crippen molar-refractivity contribution >= 4 is 27.2 Å². The van der Waals surface area contributed by atoms with Gasteiger partial charge in [0.2, 0.25) is 0 Å². The quantitative estimate of drug-likeness (QED) is 0.723. The van der Waals surface area contributed by atoms with Crippen LogP contribution >= 0.6 is 11.3 Å². The minimum Gasteiger partial charge on any atom is -0.467 e. The first-order valence-corrected chi connectivity index (χ1v) is 7.52. The number of furan rings is 1. The van der Waals surface area contributed by atoms with E-state index in [9.17, 15) is 0 Å². The zero-order chi connectivity index (χ0) is 13.4. The molecular formula is C15H14N2O2S. The van der Waals surface area contributed by atoms with Crippen LogP contribution in [0.4, 0.5) is 5.69 Å². The average molecular weight is 286 g/mol. The van der Waals surface area contributed by atoms with E-state index >= 15 is 0 Å². The number of pyridine rings is 1. The number of anilines is 1. The molecule has 1 unspecified atom stereocenters. The van der Waals surface area contributed by atoms with Crippen LogP contribution in [0.3, 0.4) is 0 Å². The second-order valence-electron chi connectivity index (χ2n) is 4.79. The Hall–Kier alpha value is -1.85. The minimum absolute atomic E-state index is 0.00178. The van der Waals surface area contributed by atoms with Crippen LogP contribution in [0.1, 0.15) is 11.9 Å². The van der Waals surface area contributed by atoms with E-state index in [0.29, 0.717) is 6.61 Å². The molecule has 0 radical (unpaired) electrons. The minimum atomic E-state index is 0.00178. The van der Waals surface area contributed by atoms with Gasteiger partial charge in [0.05, 0.1) is 35.3 Å². The maximum Gasteiger partial charge on any atom is 0.134 e. The molecule has 1 atom stereocenters. The van der Waals surface area contributed by atoms with Crippen LogP contribution in [-0.4, -0.2) is 24.7 Å². The van der Waals surface area contributed by atoms with Gasteiger partial charge in [-0.1, -0.05) is 0 Å². The molecule has 20 heavy (non-hydrogen) atoms. The Morgan fingerprint density at radius 3 is 3.20 bits per heavy atom. The van der Waals surface area contributed by atoms with Crippen LogP contribution in [0.5, 0.6) is 0 Å². The fourth-order valence-electron chi connectivity index (χ4n) is 2.62. The Balaban J connectivity index is 1.66. The van der Waals surface area contributed by atoms with Crippen LogP contribution in [0, 0.1) is 0 Å². The molecule has 0 bridgehead atoms. The molecule has 0 amide bonds. The molecule has 1 aliphatic rings. The van der Waals surface area contributed by atoms with Crippen LogP contribution < -0.4 is 4.90 Å². The van der Waals surface area contributed by atoms with Crippen LogP contribution in [-0.2, 0) is 4.74 Å². The normalized spacial score (nSPS) is 19.6. The number of aromatic nitrogens is 1. The predicted octanol–water partition coefficient (Wildman–Crippen LogP) is 3.47. The van der Waals surface area contributed by atoms with Crippen molar-refractivity contribution in [3.8, 4) is 0 Å². The Morgan fingerprint density at radius 2 is 2.30 bits per heavy atom. The summed E-state index contributed by atoms with van der Waals surface area (Å²) < 4.78 is 12.5. The van der Waals surface area contributed by atoms with Crippen molar-refractivity contribution in [1.29, 1.82) is 0 Å². The van der Waals surface area contributed by atoms with Gasteiger partial charge < -0.3 is 14.1 Å². The summed E-state index contributed by atoms with van der Waals surface area (Å²) in [6.45, 7) is 2.42. The van der Waals surface area contributed by atoms with Crippen molar-refractivity contribution < 1.29 is 9.15 Å². The molecule has 3 aromatic heterocycles. The number of nitrogens with zero attached hydrogens (tertiary/aromatic N) is 2. The number of fused-ring (bicyclic) bond motifs is 1. The lowest BCUT2D eigenvalue weighted by Crippen LogP contribution is -2.38. The second-order valence-corrected chi connectivity index (χ2v) is 5.70. The monoisotopic (exact) mass is 286 g/mol. The molecule has 4 rings (SSSR count). The van der Waals surface area contributed by atoms with Gasteiger partial charge in [-0.25, -0.2) is 0 Å². The zero-order valence-corrected chi connectivity index (χ0v) is 11.7. The molecular weight excluding hydrogens is 272 g/mol. The first-order valence-electron chi connectivity index (χ1n) is 6.64. The summed E-state index contributed by atoms with van der Waals surface area (Å²) in [6, 6.07) is 8.03. The molecule has 0 saturated carbocycles. The van der Waals surface area contributed by atoms with Crippen molar-refractivity contribution in [2.45, 2.75) is 6.10 Å². The van der Waals surface area contributed by atoms with Gasteiger partial charge in [0.15, 0.2) is 0 Å². The Bertz CT molecular complexity index is 708. The van der Waals surface area contributed by atoms with Gasteiger partial charge in [0.25, 0.3) is 0 Å². The van der Waals surface area contributed by atoms with Crippen molar-refractivity contribution in [3.63, 3.8) is 0 Å². The van der Waals surface area contributed by atoms with E-state index in [0.717, 1.165) is 24.4 Å². The number of hydrogen-bond acceptors (Lipinski definition) is 5. The molecule has 0 aliphatic carbocycles. The van der Waals surface area contributed by atoms with Gasteiger partial charge in [0.1, 0.15) is 11.9 Å². The summed E-state index contributed by atoms with van der Waals surface area (Å²) in [7, 11) is 0. The van der Waals surface area contributed by atoms with Gasteiger partial charge in [0, 0.05) is 12.7 Å². The summed E-state index contributed by atoms with van der Waals surface area (Å²) in [5.74, 6) is 0.895. The number of rotatable bonds is 2. The Kier molecular flexibility index (Phi) is 2.94. The Labute approximate surface area is 120 Å². The first kappa shape index (κ1) is 11.9. The van der Waals surface area contributed by atoms with Gasteiger partial charge in [-0.15, -0.1) is 11.3 Å². The fourth-order valence-corrected chi connectivity index (χ4v) is 3.52. The highest BCUT2D eigenvalue weighted by molar-refractivity contribution is 7.17. The highest BCUT2D eigenvalue weighted by Gasteiger charge is 2.25. The average Bonchev–Trinajstić information content (AvgIpc) is 3.18. The van der Waals surface area contributed by atoms with Crippen LogP contribution in [0.15, 0.2) is 46.5 Å². The lowest BCUT2D eigenvalue weighted by molar-refractivity contribution is 0.0258. The predicted molar refractivity (Wildman–Crippen MR) is 79.2 cm³/mol. The summed E-state index contributed by atoms with van der Waals surface area (Å²) in [4.78, 5) is 6.76. The maximum absolute atomic E-state index is 5.82. The second kappa shape index (κ2) is 4.92. The van der Waals surface area contributed by atoms with E-state index < -0.39 is 0 Å². The third-order valence-corrected chi connectivity index (χ3v) is 4.52. The summed E-state index contributed by atoms with van der Waals surface area (Å²) >= 11 is 1.74. The molecule has 4 nitrogen and oxygen atoms in total. The molecule has 0 N–H and O–H groups in total. The van der Waals surface area contributed by atoms with Gasteiger partial charge in [-0.05, 0) is 29.6 Å².